The van der Waals surface area contributed by atoms with Crippen LogP contribution >= 0.6 is 23.4 Å². The molecule has 32 heavy (non-hydrogen) atoms. The van der Waals surface area contributed by atoms with Crippen molar-refractivity contribution in [2.45, 2.75) is 23.6 Å². The zero-order chi connectivity index (χ0) is 23.3. The number of carbonyl (C=O) groups is 1. The van der Waals surface area contributed by atoms with E-state index in [0.29, 0.717) is 40.1 Å². The van der Waals surface area contributed by atoms with Gasteiger partial charge in [-0.25, -0.2) is 0 Å². The standard InChI is InChI=1S/C21H22ClN3O6S/c1-5-18(19(26)23-15-10-14(22)16(29-3)11-17(15)30-4)32-20-21(27)31-24-25(20)12-6-8-13(28-2)9-7-12/h6-11,18H,5H2,1-4H3,(H-,23,24,26,27). The molecular weight excluding hydrogens is 458 g/mol. The molecule has 0 spiro atoms. The number of hydrogen-bond donors (Lipinski definition) is 1. The maximum atomic E-state index is 13.0. The van der Waals surface area contributed by atoms with E-state index in [0.717, 1.165) is 11.8 Å². The number of rotatable bonds is 9. The molecule has 1 amide bonds. The third-order valence-corrected chi connectivity index (χ3v) is 6.23. The number of benzene rings is 2. The number of ether oxygens (including phenoxy) is 3. The molecule has 9 nitrogen and oxygen atoms in total. The van der Waals surface area contributed by atoms with Gasteiger partial charge in [-0.2, -0.15) is 0 Å². The number of hydrogen-bond acceptors (Lipinski definition) is 8. The number of anilines is 1. The van der Waals surface area contributed by atoms with E-state index in [1.54, 1.807) is 43.5 Å². The molecule has 1 aromatic heterocycles. The van der Waals surface area contributed by atoms with Gasteiger partial charge in [-0.05, 0) is 41.1 Å². The molecule has 1 unspecified atom stereocenters. The van der Waals surface area contributed by atoms with E-state index in [1.165, 1.54) is 18.9 Å². The lowest BCUT2D eigenvalue weighted by Gasteiger charge is -2.16. The molecule has 0 saturated carbocycles. The highest BCUT2D eigenvalue weighted by atomic mass is 35.5. The van der Waals surface area contributed by atoms with Gasteiger partial charge < -0.3 is 29.2 Å². The fourth-order valence-electron chi connectivity index (χ4n) is 2.85. The van der Waals surface area contributed by atoms with E-state index in [1.807, 2.05) is 6.92 Å². The second-order valence-electron chi connectivity index (χ2n) is 6.47. The van der Waals surface area contributed by atoms with Crippen LogP contribution in [0.2, 0.25) is 5.02 Å². The Morgan fingerprint density at radius 2 is 1.88 bits per heavy atom. The van der Waals surface area contributed by atoms with Crippen LogP contribution in [0.4, 0.5) is 5.69 Å². The van der Waals surface area contributed by atoms with Crippen molar-refractivity contribution in [1.82, 2.24) is 5.27 Å². The van der Waals surface area contributed by atoms with Gasteiger partial charge in [-0.1, -0.05) is 18.5 Å². The zero-order valence-electron chi connectivity index (χ0n) is 17.9. The predicted octanol–water partition coefficient (Wildman–Crippen LogP) is 3.21. The number of thioether (sulfide) groups is 1. The van der Waals surface area contributed by atoms with Crippen molar-refractivity contribution in [2.24, 2.45) is 0 Å². The number of aromatic nitrogens is 2. The minimum absolute atomic E-state index is 0.178. The Kier molecular flexibility index (Phi) is 7.70. The first-order valence-electron chi connectivity index (χ1n) is 9.54. The first-order valence-corrected chi connectivity index (χ1v) is 10.8. The van der Waals surface area contributed by atoms with Gasteiger partial charge in [-0.3, -0.25) is 4.79 Å². The van der Waals surface area contributed by atoms with Crippen molar-refractivity contribution in [3.05, 3.63) is 41.4 Å². The highest BCUT2D eigenvalue weighted by Crippen LogP contribution is 2.37. The normalized spacial score (nSPS) is 11.7. The SMILES string of the molecule is CCC(Sc1c([O-])on[n+]1-c1ccc(OC)cc1)C(=O)Nc1cc(Cl)c(OC)cc1OC. The molecule has 0 aliphatic rings. The molecule has 170 valence electrons. The van der Waals surface area contributed by atoms with Crippen LogP contribution in [0.5, 0.6) is 23.2 Å². The maximum Gasteiger partial charge on any atom is 0.298 e. The van der Waals surface area contributed by atoms with Crippen molar-refractivity contribution >= 4 is 35.0 Å². The molecule has 11 heteroatoms. The largest absolute Gasteiger partial charge is 0.538 e. The molecule has 0 fully saturated rings. The van der Waals surface area contributed by atoms with E-state index < -0.39 is 11.2 Å². The second kappa shape index (κ2) is 10.5. The molecule has 0 saturated heterocycles. The smallest absolute Gasteiger partial charge is 0.298 e. The summed E-state index contributed by atoms with van der Waals surface area (Å²) in [4.78, 5) is 13.0. The van der Waals surface area contributed by atoms with Gasteiger partial charge in [0.25, 0.3) is 5.03 Å². The van der Waals surface area contributed by atoms with Crippen LogP contribution in [0, 0.1) is 0 Å². The predicted molar refractivity (Wildman–Crippen MR) is 117 cm³/mol. The van der Waals surface area contributed by atoms with Crippen molar-refractivity contribution in [3.8, 4) is 28.9 Å². The number of amides is 1. The Labute approximate surface area is 194 Å². The summed E-state index contributed by atoms with van der Waals surface area (Å²) in [5, 5.41) is 18.8. The van der Waals surface area contributed by atoms with Crippen LogP contribution in [0.1, 0.15) is 13.3 Å². The van der Waals surface area contributed by atoms with Crippen LogP contribution in [0.3, 0.4) is 0 Å². The Morgan fingerprint density at radius 1 is 1.19 bits per heavy atom. The topological polar surface area (TPSA) is 110 Å². The monoisotopic (exact) mass is 479 g/mol. The average Bonchev–Trinajstić information content (AvgIpc) is 3.17. The quantitative estimate of drug-likeness (QED) is 0.368. The zero-order valence-corrected chi connectivity index (χ0v) is 19.5. The average molecular weight is 480 g/mol. The molecule has 3 rings (SSSR count). The lowest BCUT2D eigenvalue weighted by atomic mass is 10.2. The number of methoxy groups -OCH3 is 3. The number of nitrogens with zero attached hydrogens (tertiary/aromatic N) is 2. The number of nitrogens with one attached hydrogen (secondary N) is 1. The van der Waals surface area contributed by atoms with Gasteiger partial charge in [-0.15, -0.1) is 0 Å². The van der Waals surface area contributed by atoms with E-state index in [4.69, 9.17) is 30.3 Å². The van der Waals surface area contributed by atoms with Crippen LogP contribution in [0.25, 0.3) is 5.69 Å². The van der Waals surface area contributed by atoms with Gasteiger partial charge in [0, 0.05) is 18.2 Å². The fourth-order valence-corrected chi connectivity index (χ4v) is 4.07. The molecule has 0 bridgehead atoms. The molecule has 1 atom stereocenters. The third-order valence-electron chi connectivity index (χ3n) is 4.54. The van der Waals surface area contributed by atoms with Gasteiger partial charge in [0.15, 0.2) is 5.95 Å². The molecule has 0 aliphatic carbocycles. The van der Waals surface area contributed by atoms with Gasteiger partial charge in [0.1, 0.15) is 17.2 Å². The lowest BCUT2D eigenvalue weighted by molar-refractivity contribution is -0.705. The van der Waals surface area contributed by atoms with Crippen LogP contribution in [-0.4, -0.2) is 37.8 Å². The molecule has 3 aromatic rings. The van der Waals surface area contributed by atoms with Gasteiger partial charge in [0.2, 0.25) is 11.6 Å². The van der Waals surface area contributed by atoms with E-state index in [2.05, 4.69) is 10.6 Å². The minimum atomic E-state index is -0.637. The fraction of sp³-hybridized carbons (Fsp3) is 0.286. The molecule has 2 aromatic carbocycles. The minimum Gasteiger partial charge on any atom is -0.538 e. The molecule has 0 aliphatic heterocycles. The summed E-state index contributed by atoms with van der Waals surface area (Å²) in [6.07, 6.45) is 0.440. The highest BCUT2D eigenvalue weighted by Gasteiger charge is 2.29. The van der Waals surface area contributed by atoms with Crippen molar-refractivity contribution in [2.75, 3.05) is 26.6 Å². The summed E-state index contributed by atoms with van der Waals surface area (Å²) in [6, 6.07) is 10.1. The molecule has 1 N–H and O–H groups in total. The van der Waals surface area contributed by atoms with Crippen molar-refractivity contribution in [3.63, 3.8) is 0 Å². The van der Waals surface area contributed by atoms with Gasteiger partial charge in [0.05, 0.1) is 42.6 Å². The summed E-state index contributed by atoms with van der Waals surface area (Å²) >= 11 is 7.25. The summed E-state index contributed by atoms with van der Waals surface area (Å²) in [5.41, 5.74) is 0.982. The Bertz CT molecular complexity index is 1090. The summed E-state index contributed by atoms with van der Waals surface area (Å²) < 4.78 is 21.9. The highest BCUT2D eigenvalue weighted by molar-refractivity contribution is 8.00. The summed E-state index contributed by atoms with van der Waals surface area (Å²) in [5.74, 6) is 0.500. The van der Waals surface area contributed by atoms with Gasteiger partial charge >= 0.3 is 0 Å². The van der Waals surface area contributed by atoms with Crippen LogP contribution < -0.4 is 29.3 Å². The molecule has 0 radical (unpaired) electrons. The second-order valence-corrected chi connectivity index (χ2v) is 8.07. The molecular formula is C21H22ClN3O6S. The van der Waals surface area contributed by atoms with E-state index in [9.17, 15) is 9.90 Å². The number of carbonyl (C=O) groups excluding carboxylic acids is 1. The Balaban J connectivity index is 1.84. The lowest BCUT2D eigenvalue weighted by Crippen LogP contribution is -2.36. The first-order chi connectivity index (χ1) is 15.4. The maximum absolute atomic E-state index is 13.0. The van der Waals surface area contributed by atoms with Crippen LogP contribution in [-0.2, 0) is 4.79 Å². The Hall–Kier alpha value is -3.11. The van der Waals surface area contributed by atoms with E-state index in [-0.39, 0.29) is 10.9 Å². The van der Waals surface area contributed by atoms with Crippen LogP contribution in [0.15, 0.2) is 45.9 Å². The summed E-state index contributed by atoms with van der Waals surface area (Å²) in [7, 11) is 4.52. The molecule has 1 heterocycles. The first kappa shape index (κ1) is 23.6. The number of halogens is 1. The van der Waals surface area contributed by atoms with Crippen molar-refractivity contribution in [1.29, 1.82) is 0 Å². The third kappa shape index (κ3) is 5.03. The Morgan fingerprint density at radius 3 is 2.47 bits per heavy atom. The summed E-state index contributed by atoms with van der Waals surface area (Å²) in [6.45, 7) is 1.84. The van der Waals surface area contributed by atoms with Crippen molar-refractivity contribution < 1.29 is 33.3 Å². The van der Waals surface area contributed by atoms with E-state index >= 15 is 0 Å².